The molecule has 108 valence electrons. The molecule has 4 nitrogen and oxygen atoms in total. The Morgan fingerprint density at radius 3 is 2.90 bits per heavy atom. The van der Waals surface area contributed by atoms with E-state index in [1.165, 1.54) is 32.1 Å². The van der Waals surface area contributed by atoms with E-state index in [0.29, 0.717) is 12.6 Å². The van der Waals surface area contributed by atoms with Crippen molar-refractivity contribution in [2.45, 2.75) is 38.1 Å². The molecule has 1 aromatic carbocycles. The monoisotopic (exact) mass is 385 g/mol. The molecule has 0 heterocycles. The highest BCUT2D eigenvalue weighted by atomic mass is 127. The number of carbonyl (C=O) groups is 1. The lowest BCUT2D eigenvalue weighted by Crippen LogP contribution is -2.38. The van der Waals surface area contributed by atoms with Crippen molar-refractivity contribution in [3.63, 3.8) is 0 Å². The predicted octanol–water partition coefficient (Wildman–Crippen LogP) is 2.66. The molecule has 0 spiro atoms. The number of nitrogens with one attached hydrogen (secondary N) is 2. The molecule has 0 radical (unpaired) electrons. The summed E-state index contributed by atoms with van der Waals surface area (Å²) < 4.78 is 1.15. The second-order valence-electron chi connectivity index (χ2n) is 5.06. The molecular formula is C15H20IN3O. The Balaban J connectivity index is 1.69. The normalized spacial score (nSPS) is 16.4. The van der Waals surface area contributed by atoms with E-state index in [1.807, 2.05) is 24.3 Å². The highest BCUT2D eigenvalue weighted by Crippen LogP contribution is 2.16. The lowest BCUT2D eigenvalue weighted by atomic mass is 9.95. The van der Waals surface area contributed by atoms with Crippen molar-refractivity contribution in [1.82, 2.24) is 10.7 Å². The molecule has 0 unspecified atom stereocenters. The van der Waals surface area contributed by atoms with Gasteiger partial charge in [0.05, 0.1) is 12.8 Å². The van der Waals surface area contributed by atoms with Gasteiger partial charge in [0.15, 0.2) is 0 Å². The van der Waals surface area contributed by atoms with Gasteiger partial charge in [0.25, 0.3) is 5.91 Å². The number of hydrogen-bond acceptors (Lipinski definition) is 3. The quantitative estimate of drug-likeness (QED) is 0.465. The summed E-state index contributed by atoms with van der Waals surface area (Å²) in [5.41, 5.74) is 3.54. The average molecular weight is 385 g/mol. The Morgan fingerprint density at radius 2 is 2.15 bits per heavy atom. The Morgan fingerprint density at radius 1 is 1.35 bits per heavy atom. The lowest BCUT2D eigenvalue weighted by Gasteiger charge is -2.22. The molecule has 1 aliphatic carbocycles. The van der Waals surface area contributed by atoms with Crippen LogP contribution in [0.4, 0.5) is 0 Å². The Labute approximate surface area is 133 Å². The maximum atomic E-state index is 11.7. The van der Waals surface area contributed by atoms with E-state index in [0.717, 1.165) is 9.13 Å². The van der Waals surface area contributed by atoms with E-state index >= 15 is 0 Å². The molecule has 2 rings (SSSR count). The first-order valence-electron chi connectivity index (χ1n) is 7.05. The molecule has 0 atom stereocenters. The number of benzene rings is 1. The summed E-state index contributed by atoms with van der Waals surface area (Å²) >= 11 is 2.25. The van der Waals surface area contributed by atoms with Crippen LogP contribution in [0, 0.1) is 3.57 Å². The summed E-state index contributed by atoms with van der Waals surface area (Å²) in [6.07, 6.45) is 7.89. The third-order valence-electron chi connectivity index (χ3n) is 3.41. The van der Waals surface area contributed by atoms with E-state index in [4.69, 9.17) is 0 Å². The lowest BCUT2D eigenvalue weighted by molar-refractivity contribution is -0.120. The topological polar surface area (TPSA) is 53.5 Å². The third-order valence-corrected chi connectivity index (χ3v) is 4.08. The SMILES string of the molecule is O=C(CNC1CCCCC1)N/N=C\c1cccc(I)c1. The highest BCUT2D eigenvalue weighted by Gasteiger charge is 2.13. The Bertz CT molecular complexity index is 470. The van der Waals surface area contributed by atoms with Crippen molar-refractivity contribution in [2.24, 2.45) is 5.10 Å². The first-order valence-corrected chi connectivity index (χ1v) is 8.13. The van der Waals surface area contributed by atoms with E-state index < -0.39 is 0 Å². The first kappa shape index (κ1) is 15.4. The van der Waals surface area contributed by atoms with Gasteiger partial charge in [0.1, 0.15) is 0 Å². The standard InChI is InChI=1S/C15H20IN3O/c16-13-6-4-5-12(9-13)10-18-19-15(20)11-17-14-7-2-1-3-8-14/h4-6,9-10,14,17H,1-3,7-8,11H2,(H,19,20)/b18-10-. The molecule has 1 aliphatic rings. The number of nitrogens with zero attached hydrogens (tertiary/aromatic N) is 1. The van der Waals surface area contributed by atoms with E-state index in [-0.39, 0.29) is 5.91 Å². The van der Waals surface area contributed by atoms with Crippen molar-refractivity contribution in [3.05, 3.63) is 33.4 Å². The molecule has 20 heavy (non-hydrogen) atoms. The van der Waals surface area contributed by atoms with Crippen LogP contribution in [0.2, 0.25) is 0 Å². The van der Waals surface area contributed by atoms with Crippen LogP contribution in [0.3, 0.4) is 0 Å². The summed E-state index contributed by atoms with van der Waals surface area (Å²) in [7, 11) is 0. The summed E-state index contributed by atoms with van der Waals surface area (Å²) in [5, 5.41) is 7.27. The molecule has 1 amide bonds. The van der Waals surface area contributed by atoms with Crippen molar-refractivity contribution in [3.8, 4) is 0 Å². The minimum absolute atomic E-state index is 0.0857. The van der Waals surface area contributed by atoms with Crippen molar-refractivity contribution in [2.75, 3.05) is 6.54 Å². The fourth-order valence-electron chi connectivity index (χ4n) is 2.35. The Hall–Kier alpha value is -0.950. The number of hydrogen-bond donors (Lipinski definition) is 2. The summed E-state index contributed by atoms with van der Waals surface area (Å²) in [6, 6.07) is 8.45. The molecule has 0 aromatic heterocycles. The van der Waals surface area contributed by atoms with Gasteiger partial charge in [-0.3, -0.25) is 4.79 Å². The van der Waals surface area contributed by atoms with Gasteiger partial charge in [0.2, 0.25) is 0 Å². The van der Waals surface area contributed by atoms with Crippen LogP contribution in [0.25, 0.3) is 0 Å². The largest absolute Gasteiger partial charge is 0.306 e. The van der Waals surface area contributed by atoms with Crippen LogP contribution in [0.15, 0.2) is 29.4 Å². The van der Waals surface area contributed by atoms with Crippen LogP contribution in [-0.2, 0) is 4.79 Å². The molecule has 1 aromatic rings. The molecule has 5 heteroatoms. The third kappa shape index (κ3) is 5.58. The average Bonchev–Trinajstić information content (AvgIpc) is 2.46. The number of rotatable bonds is 5. The smallest absolute Gasteiger partial charge is 0.254 e. The molecule has 2 N–H and O–H groups in total. The number of hydrazone groups is 1. The van der Waals surface area contributed by atoms with Gasteiger partial charge < -0.3 is 5.32 Å². The zero-order chi connectivity index (χ0) is 14.2. The van der Waals surface area contributed by atoms with Crippen molar-refractivity contribution in [1.29, 1.82) is 0 Å². The number of carbonyl (C=O) groups excluding carboxylic acids is 1. The van der Waals surface area contributed by atoms with E-state index in [9.17, 15) is 4.79 Å². The van der Waals surface area contributed by atoms with Gasteiger partial charge in [-0.15, -0.1) is 0 Å². The minimum atomic E-state index is -0.0857. The molecule has 0 bridgehead atoms. The minimum Gasteiger partial charge on any atom is -0.306 e. The fraction of sp³-hybridized carbons (Fsp3) is 0.467. The van der Waals surface area contributed by atoms with E-state index in [2.05, 4.69) is 38.4 Å². The molecule has 1 fully saturated rings. The zero-order valence-corrected chi connectivity index (χ0v) is 13.6. The van der Waals surface area contributed by atoms with Crippen LogP contribution >= 0.6 is 22.6 Å². The summed E-state index contributed by atoms with van der Waals surface area (Å²) in [6.45, 7) is 0.342. The van der Waals surface area contributed by atoms with Crippen molar-refractivity contribution >= 4 is 34.7 Å². The maximum absolute atomic E-state index is 11.7. The fourth-order valence-corrected chi connectivity index (χ4v) is 2.92. The number of amides is 1. The van der Waals surface area contributed by atoms with Crippen LogP contribution < -0.4 is 10.7 Å². The molecule has 1 saturated carbocycles. The van der Waals surface area contributed by atoms with Gasteiger partial charge >= 0.3 is 0 Å². The van der Waals surface area contributed by atoms with Crippen LogP contribution in [0.5, 0.6) is 0 Å². The van der Waals surface area contributed by atoms with Crippen molar-refractivity contribution < 1.29 is 4.79 Å². The van der Waals surface area contributed by atoms with Gasteiger partial charge in [0, 0.05) is 9.61 Å². The summed E-state index contributed by atoms with van der Waals surface area (Å²) in [4.78, 5) is 11.7. The first-order chi connectivity index (χ1) is 9.74. The summed E-state index contributed by atoms with van der Waals surface area (Å²) in [5.74, 6) is -0.0857. The van der Waals surface area contributed by atoms with Crippen LogP contribution in [0.1, 0.15) is 37.7 Å². The van der Waals surface area contributed by atoms with Gasteiger partial charge in [-0.05, 0) is 53.1 Å². The Kier molecular flexibility index (Phi) is 6.46. The maximum Gasteiger partial charge on any atom is 0.254 e. The van der Waals surface area contributed by atoms with Gasteiger partial charge in [-0.25, -0.2) is 5.43 Å². The number of halogens is 1. The van der Waals surface area contributed by atoms with Gasteiger partial charge in [-0.1, -0.05) is 31.4 Å². The second-order valence-corrected chi connectivity index (χ2v) is 6.31. The zero-order valence-electron chi connectivity index (χ0n) is 11.4. The van der Waals surface area contributed by atoms with Gasteiger partial charge in [-0.2, -0.15) is 5.10 Å². The predicted molar refractivity (Wildman–Crippen MR) is 89.8 cm³/mol. The molecule has 0 saturated heterocycles. The van der Waals surface area contributed by atoms with E-state index in [1.54, 1.807) is 6.21 Å². The highest BCUT2D eigenvalue weighted by molar-refractivity contribution is 14.1. The molecular weight excluding hydrogens is 365 g/mol. The van der Waals surface area contributed by atoms with Crippen LogP contribution in [-0.4, -0.2) is 24.7 Å². The second kappa shape index (κ2) is 8.36. The molecule has 0 aliphatic heterocycles.